The highest BCUT2D eigenvalue weighted by molar-refractivity contribution is 5.73. The van der Waals surface area contributed by atoms with Crippen LogP contribution in [0.25, 0.3) is 0 Å². The van der Waals surface area contributed by atoms with Crippen LogP contribution in [-0.4, -0.2) is 42.0 Å². The number of nitrogens with zero attached hydrogens (tertiary/aromatic N) is 1. The molecule has 1 N–H and O–H groups in total. The largest absolute Gasteiger partial charge is 0.395 e. The molecule has 0 aliphatic carbocycles. The van der Waals surface area contributed by atoms with Crippen LogP contribution in [0.15, 0.2) is 0 Å². The Morgan fingerprint density at radius 3 is 2.58 bits per heavy atom. The number of aliphatic hydroxyl groups excluding tert-OH is 1. The first-order chi connectivity index (χ1) is 5.54. The van der Waals surface area contributed by atoms with Gasteiger partial charge in [0, 0.05) is 6.54 Å². The molecule has 3 nitrogen and oxygen atoms in total. The second-order valence-corrected chi connectivity index (χ2v) is 3.09. The van der Waals surface area contributed by atoms with Gasteiger partial charge in [-0.05, 0) is 26.8 Å². The zero-order valence-electron chi connectivity index (χ0n) is 7.79. The normalized spacial score (nSPS) is 10.8. The van der Waals surface area contributed by atoms with Gasteiger partial charge in [0.05, 0.1) is 12.1 Å². The van der Waals surface area contributed by atoms with Crippen LogP contribution >= 0.6 is 0 Å². The molecule has 0 unspecified atom stereocenters. The maximum absolute atomic E-state index is 9.99. The zero-order valence-corrected chi connectivity index (χ0v) is 7.79. The summed E-state index contributed by atoms with van der Waals surface area (Å²) >= 11 is 0. The summed E-state index contributed by atoms with van der Waals surface area (Å²) in [5.41, 5.74) is -0.357. The Hall–Kier alpha value is -0.850. The van der Waals surface area contributed by atoms with E-state index in [1.165, 1.54) is 0 Å². The first-order valence-electron chi connectivity index (χ1n) is 3.83. The predicted octanol–water partition coefficient (Wildman–Crippen LogP) is -0.109. The molecule has 0 aromatic heterocycles. The maximum Gasteiger partial charge on any atom is 0.192 e. The molecule has 0 radical (unpaired) electrons. The molecule has 0 bridgehead atoms. The van der Waals surface area contributed by atoms with Gasteiger partial charge in [0.2, 0.25) is 0 Å². The molecular weight excluding hydrogens is 154 g/mol. The number of hydrogen-bond donors (Lipinski definition) is 1. The van der Waals surface area contributed by atoms with Crippen LogP contribution in [0.3, 0.4) is 0 Å². The minimum Gasteiger partial charge on any atom is -0.395 e. The Bertz CT molecular complexity index is 200. The van der Waals surface area contributed by atoms with Crippen LogP contribution in [0.1, 0.15) is 13.8 Å². The monoisotopic (exact) mass is 169 g/mol. The summed E-state index contributed by atoms with van der Waals surface area (Å²) in [6, 6.07) is 0. The lowest BCUT2D eigenvalue weighted by molar-refractivity contribution is -0.103. The van der Waals surface area contributed by atoms with E-state index in [1.807, 2.05) is 25.8 Å². The Kier molecular flexibility index (Phi) is 4.57. The third-order valence-electron chi connectivity index (χ3n) is 1.83. The van der Waals surface area contributed by atoms with Crippen LogP contribution in [-0.2, 0) is 4.79 Å². The molecule has 0 aromatic rings. The molecule has 0 saturated carbocycles. The van der Waals surface area contributed by atoms with Crippen molar-refractivity contribution >= 4 is 6.29 Å². The molecule has 0 heterocycles. The van der Waals surface area contributed by atoms with Crippen molar-refractivity contribution in [2.45, 2.75) is 19.4 Å². The highest BCUT2D eigenvalue weighted by Crippen LogP contribution is 2.09. The molecule has 68 valence electrons. The van der Waals surface area contributed by atoms with E-state index in [0.29, 0.717) is 12.8 Å². The summed E-state index contributed by atoms with van der Waals surface area (Å²) in [7, 11) is 1.86. The summed E-state index contributed by atoms with van der Waals surface area (Å²) in [5.74, 6) is 5.16. The van der Waals surface area contributed by atoms with Crippen LogP contribution in [0.2, 0.25) is 0 Å². The van der Waals surface area contributed by atoms with Gasteiger partial charge in [-0.25, -0.2) is 0 Å². The number of hydrogen-bond acceptors (Lipinski definition) is 3. The lowest BCUT2D eigenvalue weighted by atomic mass is 10.0. The molecule has 0 amide bonds. The fourth-order valence-electron chi connectivity index (χ4n) is 0.731. The Morgan fingerprint density at radius 1 is 1.58 bits per heavy atom. The number of carbonyl (C=O) groups is 1. The average Bonchev–Trinajstić information content (AvgIpc) is 2.01. The fraction of sp³-hybridized carbons (Fsp3) is 0.667. The van der Waals surface area contributed by atoms with Crippen LogP contribution in [0, 0.1) is 11.8 Å². The number of aldehydes is 1. The average molecular weight is 169 g/mol. The molecule has 12 heavy (non-hydrogen) atoms. The molecule has 3 heteroatoms. The van der Waals surface area contributed by atoms with Crippen LogP contribution < -0.4 is 0 Å². The van der Waals surface area contributed by atoms with E-state index in [9.17, 15) is 4.79 Å². The Morgan fingerprint density at radius 2 is 2.17 bits per heavy atom. The first kappa shape index (κ1) is 11.2. The highest BCUT2D eigenvalue weighted by Gasteiger charge is 2.19. The zero-order chi connectivity index (χ0) is 9.61. The molecule has 0 fully saturated rings. The van der Waals surface area contributed by atoms with Gasteiger partial charge in [-0.15, -0.1) is 0 Å². The van der Waals surface area contributed by atoms with Crippen molar-refractivity contribution in [3.63, 3.8) is 0 Å². The molecule has 0 aromatic carbocycles. The lowest BCUT2D eigenvalue weighted by Crippen LogP contribution is -2.41. The Labute approximate surface area is 73.4 Å². The van der Waals surface area contributed by atoms with E-state index < -0.39 is 0 Å². The van der Waals surface area contributed by atoms with Gasteiger partial charge >= 0.3 is 0 Å². The molecule has 0 atom stereocenters. The van der Waals surface area contributed by atoms with E-state index in [0.717, 1.165) is 0 Å². The van der Waals surface area contributed by atoms with Crippen LogP contribution in [0.5, 0.6) is 0 Å². The molecule has 0 rings (SSSR count). The van der Waals surface area contributed by atoms with Crippen molar-refractivity contribution in [2.75, 3.05) is 20.2 Å². The smallest absolute Gasteiger partial charge is 0.192 e. The number of aliphatic hydroxyl groups is 1. The summed E-state index contributed by atoms with van der Waals surface area (Å²) < 4.78 is 0. The second-order valence-electron chi connectivity index (χ2n) is 3.09. The number of likely N-dealkylation sites (N-methyl/N-ethyl adjacent to an activating group) is 1. The van der Waals surface area contributed by atoms with Gasteiger partial charge in [-0.2, -0.15) is 0 Å². The molecule has 0 saturated heterocycles. The molecule has 0 spiro atoms. The van der Waals surface area contributed by atoms with Crippen molar-refractivity contribution in [1.29, 1.82) is 0 Å². The van der Waals surface area contributed by atoms with Crippen molar-refractivity contribution in [3.8, 4) is 11.8 Å². The minimum absolute atomic E-state index is 0.0999. The van der Waals surface area contributed by atoms with Gasteiger partial charge in [-0.1, -0.05) is 5.92 Å². The van der Waals surface area contributed by atoms with Gasteiger partial charge in [-0.3, -0.25) is 9.69 Å². The van der Waals surface area contributed by atoms with E-state index in [4.69, 9.17) is 5.11 Å². The van der Waals surface area contributed by atoms with E-state index in [1.54, 1.807) is 0 Å². The first-order valence-corrected chi connectivity index (χ1v) is 3.83. The standard InChI is InChI=1S/C9H15NO2/c1-9(2,5-4-7-11)10(3)6-8-12/h7,12H,6,8H2,1-3H3. The third kappa shape index (κ3) is 3.51. The van der Waals surface area contributed by atoms with Crippen molar-refractivity contribution in [1.82, 2.24) is 4.90 Å². The summed E-state index contributed by atoms with van der Waals surface area (Å²) in [6.45, 7) is 4.46. The fourth-order valence-corrected chi connectivity index (χ4v) is 0.731. The second kappa shape index (κ2) is 4.91. The van der Waals surface area contributed by atoms with Gasteiger partial charge in [0.25, 0.3) is 0 Å². The summed E-state index contributed by atoms with van der Waals surface area (Å²) in [5, 5.41) is 8.67. The molecule has 0 aliphatic heterocycles. The third-order valence-corrected chi connectivity index (χ3v) is 1.83. The van der Waals surface area contributed by atoms with Gasteiger partial charge < -0.3 is 5.11 Å². The predicted molar refractivity (Wildman–Crippen MR) is 47.6 cm³/mol. The van der Waals surface area contributed by atoms with E-state index in [2.05, 4.69) is 11.8 Å². The number of carbonyl (C=O) groups excluding carboxylic acids is 1. The molecule has 0 aliphatic rings. The highest BCUT2D eigenvalue weighted by atomic mass is 16.3. The number of β-amino-alcohol motifs (C(OH)–C–C–N with tert-alkyl or cyclic N) is 1. The van der Waals surface area contributed by atoms with Crippen LogP contribution in [0.4, 0.5) is 0 Å². The summed E-state index contributed by atoms with van der Waals surface area (Å²) in [6.07, 6.45) is 0.578. The minimum atomic E-state index is -0.357. The van der Waals surface area contributed by atoms with E-state index >= 15 is 0 Å². The topological polar surface area (TPSA) is 40.5 Å². The lowest BCUT2D eigenvalue weighted by Gasteiger charge is -2.29. The summed E-state index contributed by atoms with van der Waals surface area (Å²) in [4.78, 5) is 11.9. The SMILES string of the molecule is CN(CCO)C(C)(C)C#CC=O. The Balaban J connectivity index is 4.26. The van der Waals surface area contributed by atoms with Gasteiger partial charge in [0.15, 0.2) is 6.29 Å². The molecular formula is C9H15NO2. The van der Waals surface area contributed by atoms with Crippen molar-refractivity contribution < 1.29 is 9.90 Å². The van der Waals surface area contributed by atoms with Gasteiger partial charge in [0.1, 0.15) is 0 Å². The maximum atomic E-state index is 9.99. The van der Waals surface area contributed by atoms with Crippen molar-refractivity contribution in [3.05, 3.63) is 0 Å². The van der Waals surface area contributed by atoms with Crippen molar-refractivity contribution in [2.24, 2.45) is 0 Å². The van der Waals surface area contributed by atoms with E-state index in [-0.39, 0.29) is 12.1 Å². The quantitative estimate of drug-likeness (QED) is 0.473. The number of rotatable bonds is 3.